The van der Waals surface area contributed by atoms with Crippen molar-refractivity contribution in [2.75, 3.05) is 13.1 Å². The van der Waals surface area contributed by atoms with Gasteiger partial charge in [0, 0.05) is 25.6 Å². The molecule has 5 aliphatic carbocycles. The zero-order valence-corrected chi connectivity index (χ0v) is 23.7. The highest BCUT2D eigenvalue weighted by molar-refractivity contribution is 5.96. The van der Waals surface area contributed by atoms with Gasteiger partial charge in [0.15, 0.2) is 6.23 Å². The fraction of sp³-hybridized carbons (Fsp3) is 0.719. The molecular weight excluding hydrogens is 522 g/mol. The topological polar surface area (TPSA) is 128 Å². The molecule has 4 amide bonds. The number of allylic oxidation sites excluding steroid dienone is 5. The van der Waals surface area contributed by atoms with Gasteiger partial charge in [-0.2, -0.15) is 0 Å². The van der Waals surface area contributed by atoms with Gasteiger partial charge in [-0.3, -0.25) is 19.8 Å². The van der Waals surface area contributed by atoms with Crippen LogP contribution in [0.25, 0.3) is 0 Å². The van der Waals surface area contributed by atoms with Gasteiger partial charge >= 0.3 is 6.03 Å². The molecule has 222 valence electrons. The summed E-state index contributed by atoms with van der Waals surface area (Å²) in [4.78, 5) is 36.9. The molecule has 5 saturated carbocycles. The van der Waals surface area contributed by atoms with E-state index in [2.05, 4.69) is 35.8 Å². The first-order chi connectivity index (χ1) is 19.8. The Morgan fingerprint density at radius 3 is 2.20 bits per heavy atom. The van der Waals surface area contributed by atoms with Crippen LogP contribution in [0.4, 0.5) is 4.79 Å². The molecule has 9 nitrogen and oxygen atoms in total. The van der Waals surface area contributed by atoms with Crippen molar-refractivity contribution in [2.24, 2.45) is 59.2 Å². The van der Waals surface area contributed by atoms with Crippen molar-refractivity contribution in [1.29, 1.82) is 0 Å². The standard InChI is InChI=1S/C32H43N3O6/c1-16-10-17(16)6-7-19-12-21(19)23-14-25(23)24-13-22(24)20-11-18(20)4-2-3-5-27(36)33-15-26-29(38)30(39)31(41-26)35-9-8-28(37)34-32(35)40/h2-7,16-26,29-31,38-39H,8-15H2,1H3,(H,33,36)(H,34,37,40)/b4-2+,5-3+,7-6+/t16-,17-,18-,19-,20?,21?,22?,23?,24?,25?,26-,29-,30-,31-/m1/s1. The van der Waals surface area contributed by atoms with E-state index in [1.807, 2.05) is 6.08 Å². The van der Waals surface area contributed by atoms with Crippen molar-refractivity contribution in [3.8, 4) is 0 Å². The number of nitrogens with one attached hydrogen (secondary N) is 2. The average molecular weight is 566 g/mol. The van der Waals surface area contributed by atoms with E-state index in [1.54, 1.807) is 6.08 Å². The number of urea groups is 1. The Kier molecular flexibility index (Phi) is 7.11. The average Bonchev–Trinajstić information content (AvgIpc) is 3.72. The first kappa shape index (κ1) is 27.3. The van der Waals surface area contributed by atoms with E-state index in [0.29, 0.717) is 5.92 Å². The van der Waals surface area contributed by atoms with Crippen molar-refractivity contribution in [2.45, 2.75) is 70.0 Å². The first-order valence-corrected chi connectivity index (χ1v) is 15.7. The largest absolute Gasteiger partial charge is 0.387 e. The number of imide groups is 1. The molecule has 0 aromatic carbocycles. The highest BCUT2D eigenvalue weighted by Gasteiger charge is 2.63. The predicted octanol–water partition coefficient (Wildman–Crippen LogP) is 2.36. The molecule has 6 unspecified atom stereocenters. The lowest BCUT2D eigenvalue weighted by atomic mass is 10.1. The molecule has 4 N–H and O–H groups in total. The first-order valence-electron chi connectivity index (χ1n) is 15.7. The molecule has 7 fully saturated rings. The number of rotatable bonds is 11. The number of hydrogen-bond acceptors (Lipinski definition) is 6. The number of nitrogens with zero attached hydrogens (tertiary/aromatic N) is 1. The Morgan fingerprint density at radius 1 is 0.902 bits per heavy atom. The van der Waals surface area contributed by atoms with E-state index in [0.717, 1.165) is 53.3 Å². The third-order valence-electron chi connectivity index (χ3n) is 10.9. The maximum Gasteiger partial charge on any atom is 0.326 e. The van der Waals surface area contributed by atoms with Crippen LogP contribution in [0.15, 0.2) is 36.5 Å². The van der Waals surface area contributed by atoms with Crippen LogP contribution in [0.2, 0.25) is 0 Å². The molecule has 7 rings (SSSR count). The van der Waals surface area contributed by atoms with Gasteiger partial charge in [-0.15, -0.1) is 0 Å². The lowest BCUT2D eigenvalue weighted by molar-refractivity contribution is -0.125. The van der Waals surface area contributed by atoms with Gasteiger partial charge in [0.1, 0.15) is 18.3 Å². The van der Waals surface area contributed by atoms with Crippen molar-refractivity contribution >= 4 is 17.8 Å². The van der Waals surface area contributed by atoms with Gasteiger partial charge in [-0.05, 0) is 91.3 Å². The number of aliphatic hydroxyl groups is 2. The quantitative estimate of drug-likeness (QED) is 0.173. The molecule has 41 heavy (non-hydrogen) atoms. The van der Waals surface area contributed by atoms with Crippen molar-refractivity contribution in [3.63, 3.8) is 0 Å². The summed E-state index contributed by atoms with van der Waals surface area (Å²) in [6.07, 6.45) is 15.0. The summed E-state index contributed by atoms with van der Waals surface area (Å²) in [5.74, 6) is 8.29. The van der Waals surface area contributed by atoms with Crippen LogP contribution in [-0.4, -0.2) is 70.6 Å². The minimum absolute atomic E-state index is 0.0104. The molecule has 0 bridgehead atoms. The molecule has 0 spiro atoms. The van der Waals surface area contributed by atoms with E-state index >= 15 is 0 Å². The third-order valence-corrected chi connectivity index (χ3v) is 10.9. The monoisotopic (exact) mass is 565 g/mol. The fourth-order valence-corrected chi connectivity index (χ4v) is 7.83. The van der Waals surface area contributed by atoms with E-state index in [4.69, 9.17) is 4.74 Å². The zero-order chi connectivity index (χ0) is 28.4. The maximum atomic E-state index is 12.3. The SMILES string of the molecule is C[C@@H]1C[C@H]1/C=C/[C@@H]1CC1C1CC1C1CC1C1C[C@H]1/C=C/C=C/C(=O)NC[C@H]1O[C@@H](N2CCC(=O)NC2=O)[C@H](O)[C@@H]1O. The van der Waals surface area contributed by atoms with Crippen LogP contribution in [0.1, 0.15) is 45.4 Å². The highest BCUT2D eigenvalue weighted by atomic mass is 16.6. The van der Waals surface area contributed by atoms with Crippen molar-refractivity contribution < 1.29 is 29.3 Å². The predicted molar refractivity (Wildman–Crippen MR) is 150 cm³/mol. The number of hydrogen-bond donors (Lipinski definition) is 4. The Hall–Kier alpha value is -2.49. The minimum Gasteiger partial charge on any atom is -0.387 e. The Bertz CT molecular complexity index is 1170. The summed E-state index contributed by atoms with van der Waals surface area (Å²) in [5.41, 5.74) is 0. The summed E-state index contributed by atoms with van der Waals surface area (Å²) in [5, 5.41) is 25.6. The highest BCUT2D eigenvalue weighted by Crippen LogP contribution is 2.70. The number of ether oxygens (including phenoxy) is 1. The number of aliphatic hydroxyl groups excluding tert-OH is 2. The maximum absolute atomic E-state index is 12.3. The number of carbonyl (C=O) groups is 3. The summed E-state index contributed by atoms with van der Waals surface area (Å²) >= 11 is 0. The molecule has 7 aliphatic rings. The van der Waals surface area contributed by atoms with E-state index < -0.39 is 36.5 Å². The zero-order valence-electron chi connectivity index (χ0n) is 23.7. The summed E-state index contributed by atoms with van der Waals surface area (Å²) in [7, 11) is 0. The molecule has 0 radical (unpaired) electrons. The van der Waals surface area contributed by atoms with Crippen LogP contribution < -0.4 is 10.6 Å². The molecule has 2 saturated heterocycles. The van der Waals surface area contributed by atoms with Gasteiger partial charge in [0.25, 0.3) is 0 Å². The van der Waals surface area contributed by atoms with Crippen LogP contribution >= 0.6 is 0 Å². The van der Waals surface area contributed by atoms with Gasteiger partial charge in [-0.25, -0.2) is 4.79 Å². The lowest BCUT2D eigenvalue weighted by Gasteiger charge is -2.32. The second kappa shape index (κ2) is 10.7. The lowest BCUT2D eigenvalue weighted by Crippen LogP contribution is -2.56. The molecule has 2 heterocycles. The Morgan fingerprint density at radius 2 is 1.54 bits per heavy atom. The Labute approximate surface area is 241 Å². The van der Waals surface area contributed by atoms with E-state index in [1.165, 1.54) is 43.1 Å². The molecule has 2 aliphatic heterocycles. The molecular formula is C32H43N3O6. The molecule has 14 atom stereocenters. The van der Waals surface area contributed by atoms with Crippen molar-refractivity contribution in [3.05, 3.63) is 36.5 Å². The van der Waals surface area contributed by atoms with Crippen LogP contribution in [-0.2, 0) is 14.3 Å². The summed E-state index contributed by atoms with van der Waals surface area (Å²) in [6, 6.07) is -0.665. The normalized spacial score (nSPS) is 48.2. The van der Waals surface area contributed by atoms with E-state index in [-0.39, 0.29) is 25.4 Å². The number of carbonyl (C=O) groups excluding carboxylic acids is 3. The minimum atomic E-state index is -1.33. The van der Waals surface area contributed by atoms with Crippen LogP contribution in [0, 0.1) is 59.2 Å². The van der Waals surface area contributed by atoms with Crippen LogP contribution in [0.3, 0.4) is 0 Å². The van der Waals surface area contributed by atoms with Gasteiger partial charge in [0.05, 0.1) is 0 Å². The van der Waals surface area contributed by atoms with Gasteiger partial charge < -0.3 is 20.3 Å². The van der Waals surface area contributed by atoms with Crippen LogP contribution in [0.5, 0.6) is 0 Å². The third kappa shape index (κ3) is 5.90. The van der Waals surface area contributed by atoms with Gasteiger partial charge in [-0.1, -0.05) is 37.3 Å². The van der Waals surface area contributed by atoms with Crippen molar-refractivity contribution in [1.82, 2.24) is 15.5 Å². The molecule has 9 heteroatoms. The second-order valence-electron chi connectivity index (χ2n) is 13.8. The molecule has 0 aromatic heterocycles. The molecule has 0 aromatic rings. The van der Waals surface area contributed by atoms with E-state index in [9.17, 15) is 24.6 Å². The summed E-state index contributed by atoms with van der Waals surface area (Å²) < 4.78 is 5.67. The smallest absolute Gasteiger partial charge is 0.326 e. The fourth-order valence-electron chi connectivity index (χ4n) is 7.83. The van der Waals surface area contributed by atoms with Gasteiger partial charge in [0.2, 0.25) is 11.8 Å². The number of amides is 4. The summed E-state index contributed by atoms with van der Waals surface area (Å²) in [6.45, 7) is 2.44. The Balaban J connectivity index is 0.787. The second-order valence-corrected chi connectivity index (χ2v) is 13.8.